The number of thioether (sulfide) groups is 2. The van der Waals surface area contributed by atoms with Gasteiger partial charge in [0.1, 0.15) is 13.2 Å². The van der Waals surface area contributed by atoms with Gasteiger partial charge in [-0.15, -0.1) is 0 Å². The first-order valence-corrected chi connectivity index (χ1v) is 20.6. The van der Waals surface area contributed by atoms with Crippen molar-refractivity contribution in [2.75, 3.05) is 36.2 Å². The van der Waals surface area contributed by atoms with Crippen LogP contribution in [0.5, 0.6) is 0 Å². The Balaban J connectivity index is 2.09. The molecule has 1 rings (SSSR count). The van der Waals surface area contributed by atoms with E-state index in [2.05, 4.69) is 18.8 Å². The Morgan fingerprint density at radius 2 is 1.02 bits per heavy atom. The van der Waals surface area contributed by atoms with Crippen molar-refractivity contribution in [2.45, 2.75) is 163 Å². The van der Waals surface area contributed by atoms with Gasteiger partial charge in [-0.25, -0.2) is 4.79 Å². The molecule has 0 radical (unpaired) electrons. The fourth-order valence-corrected chi connectivity index (χ4v) is 7.19. The van der Waals surface area contributed by atoms with Crippen LogP contribution in [0.15, 0.2) is 16.3 Å². The average molecular weight is 654 g/mol. The van der Waals surface area contributed by atoms with Crippen molar-refractivity contribution in [1.82, 2.24) is 0 Å². The summed E-state index contributed by atoms with van der Waals surface area (Å²) >= 11 is 3.71. The van der Waals surface area contributed by atoms with Crippen LogP contribution in [0, 0.1) is 5.92 Å². The number of allylic oxidation sites excluding steroid dienone is 1. The van der Waals surface area contributed by atoms with Crippen LogP contribution in [0.3, 0.4) is 0 Å². The van der Waals surface area contributed by atoms with Crippen LogP contribution in [0.25, 0.3) is 0 Å². The number of aliphatic imine (C=N–C) groups is 1. The molecule has 1 unspecified atom stereocenters. The Bertz CT molecular complexity index is 798. The van der Waals surface area contributed by atoms with E-state index in [0.717, 1.165) is 23.0 Å². The van der Waals surface area contributed by atoms with E-state index in [4.69, 9.17) is 9.47 Å². The molecule has 0 aromatic carbocycles. The molecule has 256 valence electrons. The van der Waals surface area contributed by atoms with Gasteiger partial charge >= 0.3 is 11.9 Å². The molecule has 0 aromatic rings. The highest BCUT2D eigenvalue weighted by atomic mass is 32.2. The van der Waals surface area contributed by atoms with E-state index in [1.54, 1.807) is 0 Å². The molecule has 0 aromatic heterocycles. The van der Waals surface area contributed by atoms with E-state index in [-0.39, 0.29) is 11.9 Å². The number of rotatable bonds is 30. The second-order valence-electron chi connectivity index (χ2n) is 12.5. The van der Waals surface area contributed by atoms with E-state index < -0.39 is 5.92 Å². The molecule has 5 nitrogen and oxygen atoms in total. The standard InChI is InChI=1S/C37H67NO4S2/c1-5-7-9-11-13-15-17-19-21-23-27-43-29-25-41-36(39)34-31-35(33(4)38-32(34)3)37(40)42-26-30-44-28-24-22-20-18-16-14-12-10-8-6-2/h34H,5-31H2,1-4H3. The second-order valence-corrected chi connectivity index (χ2v) is 14.9. The van der Waals surface area contributed by atoms with Crippen molar-refractivity contribution < 1.29 is 19.1 Å². The summed E-state index contributed by atoms with van der Waals surface area (Å²) in [5.74, 6) is 2.72. The lowest BCUT2D eigenvalue weighted by Gasteiger charge is -2.22. The van der Waals surface area contributed by atoms with Crippen LogP contribution in [-0.4, -0.2) is 53.9 Å². The minimum Gasteiger partial charge on any atom is -0.464 e. The minimum atomic E-state index is -0.501. The van der Waals surface area contributed by atoms with Gasteiger partial charge in [0, 0.05) is 22.9 Å². The summed E-state index contributed by atoms with van der Waals surface area (Å²) < 4.78 is 11.1. The van der Waals surface area contributed by atoms with Crippen molar-refractivity contribution in [3.05, 3.63) is 11.3 Å². The van der Waals surface area contributed by atoms with Crippen molar-refractivity contribution in [1.29, 1.82) is 0 Å². The van der Waals surface area contributed by atoms with Gasteiger partial charge in [-0.05, 0) is 44.6 Å². The van der Waals surface area contributed by atoms with Crippen molar-refractivity contribution in [3.63, 3.8) is 0 Å². The lowest BCUT2D eigenvalue weighted by atomic mass is 9.91. The zero-order valence-electron chi connectivity index (χ0n) is 29.1. The molecule has 0 fully saturated rings. The summed E-state index contributed by atoms with van der Waals surface area (Å²) in [6.07, 6.45) is 27.3. The average Bonchev–Trinajstić information content (AvgIpc) is 3.01. The van der Waals surface area contributed by atoms with Gasteiger partial charge in [0.25, 0.3) is 0 Å². The minimum absolute atomic E-state index is 0.282. The molecule has 1 aliphatic rings. The Kier molecular flexibility index (Phi) is 27.5. The normalized spacial score (nSPS) is 15.0. The number of hydrogen-bond acceptors (Lipinski definition) is 7. The summed E-state index contributed by atoms with van der Waals surface area (Å²) in [6, 6.07) is 0. The fourth-order valence-electron chi connectivity index (χ4n) is 5.56. The zero-order chi connectivity index (χ0) is 32.1. The van der Waals surface area contributed by atoms with Gasteiger partial charge in [-0.2, -0.15) is 23.5 Å². The number of hydrogen-bond donors (Lipinski definition) is 0. The molecule has 0 amide bonds. The van der Waals surface area contributed by atoms with Gasteiger partial charge in [-0.1, -0.05) is 129 Å². The number of nitrogens with zero attached hydrogens (tertiary/aromatic N) is 1. The third kappa shape index (κ3) is 21.7. The molecular weight excluding hydrogens is 587 g/mol. The predicted octanol–water partition coefficient (Wildman–Crippen LogP) is 11.1. The zero-order valence-corrected chi connectivity index (χ0v) is 30.7. The van der Waals surface area contributed by atoms with Gasteiger partial charge in [0.2, 0.25) is 0 Å². The summed E-state index contributed by atoms with van der Waals surface area (Å²) in [5, 5.41) is 0. The molecule has 7 heteroatoms. The van der Waals surface area contributed by atoms with Crippen LogP contribution in [0.4, 0.5) is 0 Å². The van der Waals surface area contributed by atoms with Gasteiger partial charge < -0.3 is 9.47 Å². The Hall–Kier alpha value is -0.950. The van der Waals surface area contributed by atoms with Crippen LogP contribution in [-0.2, 0) is 19.1 Å². The molecule has 1 aliphatic heterocycles. The third-order valence-electron chi connectivity index (χ3n) is 8.44. The summed E-state index contributed by atoms with van der Waals surface area (Å²) in [7, 11) is 0. The number of carbonyl (C=O) groups excluding carboxylic acids is 2. The molecular formula is C37H67NO4S2. The highest BCUT2D eigenvalue weighted by molar-refractivity contribution is 7.99. The summed E-state index contributed by atoms with van der Waals surface area (Å²) in [4.78, 5) is 30.1. The predicted molar refractivity (Wildman–Crippen MR) is 194 cm³/mol. The lowest BCUT2D eigenvalue weighted by Crippen LogP contribution is -2.30. The van der Waals surface area contributed by atoms with Crippen LogP contribution >= 0.6 is 23.5 Å². The smallest absolute Gasteiger partial charge is 0.335 e. The number of unbranched alkanes of at least 4 members (excludes halogenated alkanes) is 18. The number of ether oxygens (including phenoxy) is 2. The summed E-state index contributed by atoms with van der Waals surface area (Å²) in [5.41, 5.74) is 1.88. The monoisotopic (exact) mass is 653 g/mol. The first-order chi connectivity index (χ1) is 21.5. The van der Waals surface area contributed by atoms with Crippen LogP contribution in [0.2, 0.25) is 0 Å². The topological polar surface area (TPSA) is 65.0 Å². The molecule has 0 N–H and O–H groups in total. The molecule has 44 heavy (non-hydrogen) atoms. The SMILES string of the molecule is CCCCCCCCCCCCSCCOC(=O)C1=C(C)N=C(C)C(C(=O)OCCSCCCCCCCCCCCC)C1. The molecule has 0 saturated heterocycles. The van der Waals surface area contributed by atoms with E-state index >= 15 is 0 Å². The van der Waals surface area contributed by atoms with Gasteiger partial charge in [0.05, 0.1) is 11.5 Å². The van der Waals surface area contributed by atoms with Crippen molar-refractivity contribution in [3.8, 4) is 0 Å². The first kappa shape index (κ1) is 41.1. The van der Waals surface area contributed by atoms with Crippen molar-refractivity contribution >= 4 is 41.2 Å². The Labute approximate surface area is 280 Å². The Morgan fingerprint density at radius 3 is 1.48 bits per heavy atom. The third-order valence-corrected chi connectivity index (χ3v) is 10.5. The largest absolute Gasteiger partial charge is 0.464 e. The van der Waals surface area contributed by atoms with Crippen LogP contribution in [0.1, 0.15) is 163 Å². The van der Waals surface area contributed by atoms with E-state index in [9.17, 15) is 9.59 Å². The van der Waals surface area contributed by atoms with Crippen LogP contribution < -0.4 is 0 Å². The second kappa shape index (κ2) is 29.5. The molecule has 0 bridgehead atoms. The molecule has 0 spiro atoms. The maximum Gasteiger partial charge on any atom is 0.335 e. The van der Waals surface area contributed by atoms with Gasteiger partial charge in [0.15, 0.2) is 0 Å². The highest BCUT2D eigenvalue weighted by Crippen LogP contribution is 2.26. The highest BCUT2D eigenvalue weighted by Gasteiger charge is 2.32. The fraction of sp³-hybridized carbons (Fsp3) is 0.865. The maximum atomic E-state index is 12.8. The molecule has 1 heterocycles. The maximum absolute atomic E-state index is 12.8. The Morgan fingerprint density at radius 1 is 0.614 bits per heavy atom. The summed E-state index contributed by atoms with van der Waals surface area (Å²) in [6.45, 7) is 9.01. The molecule has 0 aliphatic carbocycles. The quantitative estimate of drug-likeness (QED) is 0.0568. The number of carbonyl (C=O) groups is 2. The molecule has 0 saturated carbocycles. The lowest BCUT2D eigenvalue weighted by molar-refractivity contribution is -0.145. The first-order valence-electron chi connectivity index (χ1n) is 18.2. The number of esters is 2. The van der Waals surface area contributed by atoms with E-state index in [1.165, 1.54) is 128 Å². The van der Waals surface area contributed by atoms with E-state index in [0.29, 0.717) is 36.6 Å². The van der Waals surface area contributed by atoms with E-state index in [1.807, 2.05) is 37.4 Å². The molecule has 1 atom stereocenters. The van der Waals surface area contributed by atoms with Gasteiger partial charge in [-0.3, -0.25) is 9.79 Å². The van der Waals surface area contributed by atoms with Crippen molar-refractivity contribution in [2.24, 2.45) is 10.9 Å².